The molecule has 56 heavy (non-hydrogen) atoms. The summed E-state index contributed by atoms with van der Waals surface area (Å²) in [5, 5.41) is 34.3. The molecule has 14 nitrogen and oxygen atoms in total. The molecule has 1 atom stereocenters. The summed E-state index contributed by atoms with van der Waals surface area (Å²) in [6.45, 7) is 7.41. The summed E-state index contributed by atoms with van der Waals surface area (Å²) >= 11 is 0. The summed E-state index contributed by atoms with van der Waals surface area (Å²) in [7, 11) is 0.739. The van der Waals surface area contributed by atoms with Crippen molar-refractivity contribution >= 4 is 53.9 Å². The van der Waals surface area contributed by atoms with Crippen LogP contribution in [0.1, 0.15) is 35.2 Å². The first-order valence-electron chi connectivity index (χ1n) is 17.5. The molecule has 0 aliphatic carbocycles. The summed E-state index contributed by atoms with van der Waals surface area (Å²) in [6, 6.07) is 33.4. The summed E-state index contributed by atoms with van der Waals surface area (Å²) in [5.41, 5.74) is 10.8. The molecule has 4 rings (SSSR count). The Labute approximate surface area is 342 Å². The first kappa shape index (κ1) is 48.8. The number of carboxylic acids is 2. The summed E-state index contributed by atoms with van der Waals surface area (Å²) in [5.74, 6) is -2.78. The Hall–Kier alpha value is -5.17. The minimum atomic E-state index is -0.978. The average Bonchev–Trinajstić information content (AvgIpc) is 3.22. The van der Waals surface area contributed by atoms with Gasteiger partial charge in [-0.2, -0.15) is 0 Å². The summed E-state index contributed by atoms with van der Waals surface area (Å²) in [6.07, 6.45) is 3.21. The minimum Gasteiger partial charge on any atom is -0.705 e. The number of hydrogen-bond acceptors (Lipinski definition) is 9. The van der Waals surface area contributed by atoms with E-state index in [0.29, 0.717) is 32.5 Å². The predicted octanol–water partition coefficient (Wildman–Crippen LogP) is 5.03. The molecule has 1 heterocycles. The van der Waals surface area contributed by atoms with Gasteiger partial charge in [0, 0.05) is 38.5 Å². The number of carboxylic acid groups (broad SMARTS) is 2. The van der Waals surface area contributed by atoms with Gasteiger partial charge in [0.25, 0.3) is 11.9 Å². The molecule has 299 valence electrons. The maximum atomic E-state index is 12.3. The SMILES string of the molecule is C=C(NCCCCC(NC(=O)c1ccc(N=[N-])nc1)C(=O)OC)c1ccccc1.C[PH+](c1ccccc1)c1ccccc1.O=C(O)C[N-]CCNCC(=O)O.[Tc]. The maximum absolute atomic E-state index is 12.3. The average molecular weight is 869 g/mol. The standard InChI is InChI=1S/C21H24N5O3.C13H13P.C6H11N2O4.Tc/c1-15(16-8-4-3-5-9-16)23-13-7-6-10-18(21(28)29-2)25-20(27)17-11-12-19(26-22)24-14-17;1-14(12-8-4-2-5-9-12)13-10-6-3-7-11-13;9-5(10)3-7-1-2-8-4-6(11)12;/h3-5,8-9,11-12,14,18,23H,1,6-7,10,13H2,2H3,(H,25,27);2-11H,1H3;7H,1-4H2,(H,9,10)(H,11,12);/q-1;;-1;/p+1. The van der Waals surface area contributed by atoms with Crippen molar-refractivity contribution in [3.63, 3.8) is 0 Å². The van der Waals surface area contributed by atoms with Gasteiger partial charge in [0.15, 0.2) is 0 Å². The molecule has 5 N–H and O–H groups in total. The van der Waals surface area contributed by atoms with Gasteiger partial charge in [-0.25, -0.2) is 9.78 Å². The quantitative estimate of drug-likeness (QED) is 0.0346. The Kier molecular flexibility index (Phi) is 25.4. The molecule has 1 aromatic heterocycles. The van der Waals surface area contributed by atoms with Crippen molar-refractivity contribution in [2.45, 2.75) is 25.3 Å². The van der Waals surface area contributed by atoms with Crippen LogP contribution in [0.3, 0.4) is 0 Å². The molecule has 1 radical (unpaired) electrons. The van der Waals surface area contributed by atoms with Gasteiger partial charge >= 0.3 is 11.9 Å². The van der Waals surface area contributed by atoms with Gasteiger partial charge in [0.2, 0.25) is 0 Å². The zero-order chi connectivity index (χ0) is 40.3. The van der Waals surface area contributed by atoms with Crippen LogP contribution in [0.2, 0.25) is 0 Å². The van der Waals surface area contributed by atoms with E-state index >= 15 is 0 Å². The number of amides is 1. The molecule has 0 bridgehead atoms. The van der Waals surface area contributed by atoms with Gasteiger partial charge in [-0.05, 0) is 74.3 Å². The number of aliphatic carboxylic acids is 2. The third-order valence-electron chi connectivity index (χ3n) is 7.67. The molecule has 4 aromatic rings. The molecule has 1 unspecified atom stereocenters. The van der Waals surface area contributed by atoms with Crippen LogP contribution in [-0.4, -0.2) is 91.6 Å². The van der Waals surface area contributed by atoms with Crippen LogP contribution < -0.4 is 26.6 Å². The van der Waals surface area contributed by atoms with Crippen molar-refractivity contribution in [2.24, 2.45) is 5.11 Å². The molecular weight excluding hydrogens is 819 g/mol. The Balaban J connectivity index is 0.000000481. The van der Waals surface area contributed by atoms with E-state index in [0.717, 1.165) is 17.7 Å². The second-order valence-electron chi connectivity index (χ2n) is 11.7. The molecule has 16 heteroatoms. The van der Waals surface area contributed by atoms with E-state index in [1.807, 2.05) is 30.3 Å². The number of nitrogens with zero attached hydrogens (tertiary/aromatic N) is 4. The minimum absolute atomic E-state index is 0. The van der Waals surface area contributed by atoms with Crippen molar-refractivity contribution in [3.05, 3.63) is 138 Å². The second kappa shape index (κ2) is 29.2. The summed E-state index contributed by atoms with van der Waals surface area (Å²) < 4.78 is 4.79. The van der Waals surface area contributed by atoms with E-state index in [-0.39, 0.29) is 44.6 Å². The van der Waals surface area contributed by atoms with E-state index in [1.54, 1.807) is 0 Å². The van der Waals surface area contributed by atoms with Gasteiger partial charge in [-0.15, -0.1) is 6.54 Å². The summed E-state index contributed by atoms with van der Waals surface area (Å²) in [4.78, 5) is 48.0. The fourth-order valence-electron chi connectivity index (χ4n) is 4.74. The van der Waals surface area contributed by atoms with E-state index in [1.165, 1.54) is 36.0 Å². The molecule has 0 saturated carbocycles. The topological polar surface area (TPSA) is 216 Å². The zero-order valence-corrected chi connectivity index (χ0v) is 34.3. The number of unbranched alkanes of at least 4 members (excludes halogenated alkanes) is 1. The number of rotatable bonds is 20. The molecular formula is C40H49N7O7PTc-. The van der Waals surface area contributed by atoms with Gasteiger partial charge in [0.05, 0.1) is 44.4 Å². The fraction of sp³-hybridized carbons (Fsp3) is 0.275. The van der Waals surface area contributed by atoms with E-state index in [4.69, 9.17) is 20.5 Å². The van der Waals surface area contributed by atoms with Crippen molar-refractivity contribution in [1.82, 2.24) is 20.9 Å². The Morgan fingerprint density at radius 2 is 1.45 bits per heavy atom. The number of pyridine rings is 1. The van der Waals surface area contributed by atoms with Gasteiger partial charge in [0.1, 0.15) is 11.9 Å². The van der Waals surface area contributed by atoms with Crippen LogP contribution in [0.4, 0.5) is 5.82 Å². The largest absolute Gasteiger partial charge is 0.705 e. The smallest absolute Gasteiger partial charge is 0.328 e. The van der Waals surface area contributed by atoms with Crippen molar-refractivity contribution in [1.29, 1.82) is 0 Å². The molecule has 0 aliphatic rings. The molecule has 0 aliphatic heterocycles. The number of carbonyl (C=O) groups excluding carboxylic acids is 2. The van der Waals surface area contributed by atoms with Crippen LogP contribution in [0.25, 0.3) is 16.5 Å². The third kappa shape index (κ3) is 20.5. The van der Waals surface area contributed by atoms with Crippen LogP contribution in [0.15, 0.2) is 121 Å². The number of nitrogens with one attached hydrogen (secondary N) is 3. The first-order valence-corrected chi connectivity index (χ1v) is 19.5. The van der Waals surface area contributed by atoms with Crippen LogP contribution in [0, 0.1) is 0 Å². The Morgan fingerprint density at radius 1 is 0.857 bits per heavy atom. The second-order valence-corrected chi connectivity index (χ2v) is 14.2. The zero-order valence-electron chi connectivity index (χ0n) is 31.4. The molecule has 0 spiro atoms. The van der Waals surface area contributed by atoms with Crippen LogP contribution >= 0.6 is 7.92 Å². The van der Waals surface area contributed by atoms with Crippen LogP contribution in [0.5, 0.6) is 0 Å². The number of esters is 1. The number of aromatic nitrogens is 1. The normalized spacial score (nSPS) is 10.5. The van der Waals surface area contributed by atoms with Crippen molar-refractivity contribution < 1.29 is 54.2 Å². The predicted molar refractivity (Wildman–Crippen MR) is 218 cm³/mol. The monoisotopic (exact) mass is 867 g/mol. The van der Waals surface area contributed by atoms with Gasteiger partial charge in [-0.1, -0.05) is 73.3 Å². The van der Waals surface area contributed by atoms with E-state index in [2.05, 4.69) is 105 Å². The number of hydrogen-bond donors (Lipinski definition) is 5. The number of methoxy groups -OCH3 is 1. The first-order chi connectivity index (χ1) is 26.5. The maximum Gasteiger partial charge on any atom is 0.328 e. The van der Waals surface area contributed by atoms with Gasteiger partial charge < -0.3 is 46.9 Å². The molecule has 0 saturated heterocycles. The number of benzene rings is 3. The van der Waals surface area contributed by atoms with Crippen molar-refractivity contribution in [3.8, 4) is 0 Å². The van der Waals surface area contributed by atoms with Crippen molar-refractivity contribution in [2.75, 3.05) is 46.5 Å². The number of ether oxygens (including phenoxy) is 1. The van der Waals surface area contributed by atoms with E-state index in [9.17, 15) is 19.2 Å². The van der Waals surface area contributed by atoms with Crippen LogP contribution in [-0.2, 0) is 39.2 Å². The molecule has 3 aromatic carbocycles. The van der Waals surface area contributed by atoms with E-state index < -0.39 is 37.8 Å². The Bertz CT molecular complexity index is 1700. The molecule has 1 amide bonds. The Morgan fingerprint density at radius 3 is 1.95 bits per heavy atom. The molecule has 0 fully saturated rings. The third-order valence-corrected chi connectivity index (χ3v) is 10.1. The fourth-order valence-corrected chi connectivity index (χ4v) is 6.46. The number of carbonyl (C=O) groups is 4. The van der Waals surface area contributed by atoms with Gasteiger partial charge in [-0.3, -0.25) is 14.4 Å².